The van der Waals surface area contributed by atoms with Crippen LogP contribution >= 0.6 is 27.3 Å². The lowest BCUT2D eigenvalue weighted by Gasteiger charge is -2.20. The van der Waals surface area contributed by atoms with Crippen molar-refractivity contribution < 1.29 is 13.9 Å². The first-order valence-corrected chi connectivity index (χ1v) is 7.92. The van der Waals surface area contributed by atoms with Crippen LogP contribution in [0.25, 0.3) is 11.1 Å². The van der Waals surface area contributed by atoms with E-state index in [0.717, 1.165) is 0 Å². The summed E-state index contributed by atoms with van der Waals surface area (Å²) in [5, 5.41) is 2.16. The highest BCUT2D eigenvalue weighted by atomic mass is 79.9. The molecular weight excluding hydrogens is 357 g/mol. The zero-order valence-electron chi connectivity index (χ0n) is 11.9. The first kappa shape index (κ1) is 16.0. The Kier molecular flexibility index (Phi) is 4.39. The van der Waals surface area contributed by atoms with Crippen molar-refractivity contribution in [2.24, 2.45) is 0 Å². The average molecular weight is 372 g/mol. The van der Waals surface area contributed by atoms with Crippen LogP contribution in [0.2, 0.25) is 0 Å². The Morgan fingerprint density at radius 1 is 1.38 bits per heavy atom. The summed E-state index contributed by atoms with van der Waals surface area (Å²) in [6, 6.07) is 4.56. The van der Waals surface area contributed by atoms with Gasteiger partial charge in [0.1, 0.15) is 22.0 Å². The smallest absolute Gasteiger partial charge is 0.342 e. The number of carbonyl (C=O) groups is 1. The van der Waals surface area contributed by atoms with Crippen molar-refractivity contribution >= 4 is 38.2 Å². The van der Waals surface area contributed by atoms with Crippen LogP contribution < -0.4 is 5.73 Å². The minimum Gasteiger partial charge on any atom is -0.456 e. The number of benzene rings is 1. The van der Waals surface area contributed by atoms with Crippen molar-refractivity contribution in [3.63, 3.8) is 0 Å². The van der Waals surface area contributed by atoms with Crippen LogP contribution in [0.4, 0.5) is 9.39 Å². The van der Waals surface area contributed by atoms with Gasteiger partial charge in [0.25, 0.3) is 0 Å². The molecule has 112 valence electrons. The topological polar surface area (TPSA) is 52.3 Å². The largest absolute Gasteiger partial charge is 0.456 e. The van der Waals surface area contributed by atoms with Gasteiger partial charge in [0.15, 0.2) is 0 Å². The maximum absolute atomic E-state index is 13.3. The van der Waals surface area contributed by atoms with Crippen LogP contribution in [0.5, 0.6) is 0 Å². The molecule has 6 heteroatoms. The Balaban J connectivity index is 2.47. The third-order valence-corrected chi connectivity index (χ3v) is 4.07. The van der Waals surface area contributed by atoms with Crippen LogP contribution in [0.15, 0.2) is 28.1 Å². The second-order valence-electron chi connectivity index (χ2n) is 5.52. The van der Waals surface area contributed by atoms with E-state index < -0.39 is 11.6 Å². The lowest BCUT2D eigenvalue weighted by molar-refractivity contribution is 0.00722. The van der Waals surface area contributed by atoms with E-state index in [-0.39, 0.29) is 5.82 Å². The fourth-order valence-corrected chi connectivity index (χ4v) is 2.98. The van der Waals surface area contributed by atoms with E-state index >= 15 is 0 Å². The fourth-order valence-electron chi connectivity index (χ4n) is 1.79. The Morgan fingerprint density at radius 3 is 2.62 bits per heavy atom. The van der Waals surface area contributed by atoms with Crippen molar-refractivity contribution in [1.82, 2.24) is 0 Å². The molecule has 0 atom stereocenters. The van der Waals surface area contributed by atoms with Crippen LogP contribution in [0.3, 0.4) is 0 Å². The van der Waals surface area contributed by atoms with Crippen LogP contribution in [-0.4, -0.2) is 11.6 Å². The first-order chi connectivity index (χ1) is 9.69. The van der Waals surface area contributed by atoms with Gasteiger partial charge in [-0.15, -0.1) is 11.3 Å². The number of nitrogen functional groups attached to an aromatic ring is 1. The highest BCUT2D eigenvalue weighted by molar-refractivity contribution is 9.10. The lowest BCUT2D eigenvalue weighted by Crippen LogP contribution is -2.24. The van der Waals surface area contributed by atoms with E-state index in [1.54, 1.807) is 38.3 Å². The van der Waals surface area contributed by atoms with Crippen LogP contribution in [0, 0.1) is 5.82 Å². The maximum Gasteiger partial charge on any atom is 0.342 e. The standard InChI is InChI=1S/C15H15BrFNO2S/c1-15(2,3)20-14(19)12-9(7-21-13(12)18)8-4-5-11(17)10(16)6-8/h4-7H,18H2,1-3H3. The summed E-state index contributed by atoms with van der Waals surface area (Å²) in [6.45, 7) is 5.38. The highest BCUT2D eigenvalue weighted by Gasteiger charge is 2.24. The number of hydrogen-bond acceptors (Lipinski definition) is 4. The summed E-state index contributed by atoms with van der Waals surface area (Å²) in [7, 11) is 0. The number of nitrogens with two attached hydrogens (primary N) is 1. The van der Waals surface area contributed by atoms with Crippen molar-refractivity contribution in [2.75, 3.05) is 5.73 Å². The number of thiophene rings is 1. The van der Waals surface area contributed by atoms with Gasteiger partial charge in [-0.05, 0) is 54.4 Å². The van der Waals surface area contributed by atoms with Gasteiger partial charge in [-0.2, -0.15) is 0 Å². The fraction of sp³-hybridized carbons (Fsp3) is 0.267. The van der Waals surface area contributed by atoms with E-state index in [9.17, 15) is 9.18 Å². The third-order valence-electron chi connectivity index (χ3n) is 2.65. The molecule has 21 heavy (non-hydrogen) atoms. The molecule has 2 rings (SSSR count). The lowest BCUT2D eigenvalue weighted by atomic mass is 10.0. The van der Waals surface area contributed by atoms with Crippen LogP contribution in [-0.2, 0) is 4.74 Å². The van der Waals surface area contributed by atoms with Gasteiger partial charge in [-0.25, -0.2) is 9.18 Å². The van der Waals surface area contributed by atoms with E-state index in [1.165, 1.54) is 17.4 Å². The normalized spacial score (nSPS) is 11.5. The minimum absolute atomic E-state index is 0.327. The summed E-state index contributed by atoms with van der Waals surface area (Å²) in [5.74, 6) is -0.836. The Bertz CT molecular complexity index is 691. The summed E-state index contributed by atoms with van der Waals surface area (Å²) < 4.78 is 19.1. The average Bonchev–Trinajstić information content (AvgIpc) is 2.72. The molecule has 0 aliphatic carbocycles. The Morgan fingerprint density at radius 2 is 2.05 bits per heavy atom. The van der Waals surface area contributed by atoms with Crippen molar-refractivity contribution in [3.05, 3.63) is 39.4 Å². The summed E-state index contributed by atoms with van der Waals surface area (Å²) >= 11 is 4.40. The number of halogens is 2. The SMILES string of the molecule is CC(C)(C)OC(=O)c1c(-c2ccc(F)c(Br)c2)csc1N. The molecule has 0 amide bonds. The predicted octanol–water partition coefficient (Wildman–Crippen LogP) is 4.85. The zero-order chi connectivity index (χ0) is 15.8. The monoisotopic (exact) mass is 371 g/mol. The van der Waals surface area contributed by atoms with E-state index in [2.05, 4.69) is 15.9 Å². The molecule has 2 aromatic rings. The molecule has 2 N–H and O–H groups in total. The summed E-state index contributed by atoms with van der Waals surface area (Å²) in [6.07, 6.45) is 0. The molecule has 1 aromatic heterocycles. The van der Waals surface area contributed by atoms with Gasteiger partial charge in [0.05, 0.1) is 4.47 Å². The van der Waals surface area contributed by atoms with Gasteiger partial charge >= 0.3 is 5.97 Å². The highest BCUT2D eigenvalue weighted by Crippen LogP contribution is 2.36. The zero-order valence-corrected chi connectivity index (χ0v) is 14.3. The van der Waals surface area contributed by atoms with Gasteiger partial charge in [0, 0.05) is 10.9 Å². The number of ether oxygens (including phenoxy) is 1. The van der Waals surface area contributed by atoms with Crippen molar-refractivity contribution in [3.8, 4) is 11.1 Å². The summed E-state index contributed by atoms with van der Waals surface area (Å²) in [4.78, 5) is 12.3. The number of hydrogen-bond donors (Lipinski definition) is 1. The number of carbonyl (C=O) groups excluding carboxylic acids is 1. The quantitative estimate of drug-likeness (QED) is 0.767. The maximum atomic E-state index is 13.3. The number of rotatable bonds is 2. The Labute approximate surface area is 135 Å². The molecule has 0 aliphatic heterocycles. The first-order valence-electron chi connectivity index (χ1n) is 6.25. The second-order valence-corrected chi connectivity index (χ2v) is 7.28. The van der Waals surface area contributed by atoms with Crippen LogP contribution in [0.1, 0.15) is 31.1 Å². The van der Waals surface area contributed by atoms with E-state index in [1.807, 2.05) is 0 Å². The molecule has 0 saturated carbocycles. The molecule has 1 aromatic carbocycles. The molecule has 0 spiro atoms. The molecular formula is C15H15BrFNO2S. The van der Waals surface area contributed by atoms with Gasteiger partial charge in [0.2, 0.25) is 0 Å². The Hall–Kier alpha value is -1.40. The molecule has 1 heterocycles. The number of esters is 1. The molecule has 0 aliphatic rings. The second kappa shape index (κ2) is 5.77. The molecule has 0 unspecified atom stereocenters. The molecule has 0 bridgehead atoms. The van der Waals surface area contributed by atoms with E-state index in [0.29, 0.717) is 26.2 Å². The minimum atomic E-state index is -0.605. The van der Waals surface area contributed by atoms with Gasteiger partial charge < -0.3 is 10.5 Å². The van der Waals surface area contributed by atoms with E-state index in [4.69, 9.17) is 10.5 Å². The molecule has 0 fully saturated rings. The molecule has 0 radical (unpaired) electrons. The van der Waals surface area contributed by atoms with Crippen molar-refractivity contribution in [1.29, 1.82) is 0 Å². The number of anilines is 1. The van der Waals surface area contributed by atoms with Crippen molar-refractivity contribution in [2.45, 2.75) is 26.4 Å². The van der Waals surface area contributed by atoms with Gasteiger partial charge in [-0.3, -0.25) is 0 Å². The summed E-state index contributed by atoms with van der Waals surface area (Å²) in [5.41, 5.74) is 6.97. The third kappa shape index (κ3) is 3.63. The predicted molar refractivity (Wildman–Crippen MR) is 87.0 cm³/mol. The molecule has 3 nitrogen and oxygen atoms in total. The molecule has 0 saturated heterocycles. The van der Waals surface area contributed by atoms with Gasteiger partial charge in [-0.1, -0.05) is 6.07 Å².